The van der Waals surface area contributed by atoms with Crippen molar-refractivity contribution in [1.29, 1.82) is 0 Å². The van der Waals surface area contributed by atoms with Crippen molar-refractivity contribution in [1.82, 2.24) is 0 Å². The first-order chi connectivity index (χ1) is 10.8. The summed E-state index contributed by atoms with van der Waals surface area (Å²) in [5.41, 5.74) is -0.173. The fraction of sp³-hybridized carbons (Fsp3) is 0.684. The molecule has 4 heteroatoms. The number of rotatable bonds is 0. The quantitative estimate of drug-likeness (QED) is 0.689. The summed E-state index contributed by atoms with van der Waals surface area (Å²) < 4.78 is 0. The van der Waals surface area contributed by atoms with E-state index in [1.807, 2.05) is 13.8 Å². The van der Waals surface area contributed by atoms with E-state index in [4.69, 9.17) is 0 Å². The third-order valence-corrected chi connectivity index (χ3v) is 7.20. The van der Waals surface area contributed by atoms with Crippen LogP contribution in [0.15, 0.2) is 11.6 Å². The zero-order valence-electron chi connectivity index (χ0n) is 13.7. The number of ketones is 4. The predicted molar refractivity (Wildman–Crippen MR) is 82.5 cm³/mol. The maximum absolute atomic E-state index is 13.0. The zero-order valence-corrected chi connectivity index (χ0v) is 13.7. The Hall–Kier alpha value is -1.58. The van der Waals surface area contributed by atoms with Gasteiger partial charge in [0.2, 0.25) is 0 Å². The molecular formula is C19H22O4. The minimum atomic E-state index is -0.643. The molecular weight excluding hydrogens is 292 g/mol. The van der Waals surface area contributed by atoms with Crippen LogP contribution in [0, 0.1) is 28.6 Å². The van der Waals surface area contributed by atoms with Crippen LogP contribution in [-0.4, -0.2) is 23.1 Å². The molecule has 0 spiro atoms. The summed E-state index contributed by atoms with van der Waals surface area (Å²) in [5.74, 6) is -0.344. The van der Waals surface area contributed by atoms with Crippen molar-refractivity contribution in [2.24, 2.45) is 28.6 Å². The highest BCUT2D eigenvalue weighted by molar-refractivity contribution is 6.03. The van der Waals surface area contributed by atoms with E-state index in [1.165, 1.54) is 0 Å². The Labute approximate surface area is 135 Å². The highest BCUT2D eigenvalue weighted by Gasteiger charge is 2.64. The van der Waals surface area contributed by atoms with Crippen molar-refractivity contribution >= 4 is 23.1 Å². The third kappa shape index (κ3) is 1.78. The number of carbonyl (C=O) groups excluding carboxylic acids is 4. The minimum absolute atomic E-state index is 0.00111. The molecule has 0 amide bonds. The molecule has 5 unspecified atom stereocenters. The molecule has 4 nitrogen and oxygen atoms in total. The van der Waals surface area contributed by atoms with Gasteiger partial charge in [-0.3, -0.25) is 19.2 Å². The normalized spacial score (nSPS) is 46.2. The molecule has 4 aliphatic carbocycles. The van der Waals surface area contributed by atoms with Crippen LogP contribution >= 0.6 is 0 Å². The van der Waals surface area contributed by atoms with E-state index in [-0.39, 0.29) is 59.1 Å². The van der Waals surface area contributed by atoms with Gasteiger partial charge in [-0.1, -0.05) is 19.4 Å². The summed E-state index contributed by atoms with van der Waals surface area (Å²) in [7, 11) is 0. The van der Waals surface area contributed by atoms with Crippen LogP contribution in [0.25, 0.3) is 0 Å². The molecule has 0 saturated heterocycles. The Morgan fingerprint density at radius 3 is 2.48 bits per heavy atom. The Balaban J connectivity index is 1.83. The molecule has 3 saturated carbocycles. The second-order valence-corrected chi connectivity index (χ2v) is 8.33. The predicted octanol–water partition coefficient (Wildman–Crippen LogP) is 2.45. The summed E-state index contributed by atoms with van der Waals surface area (Å²) >= 11 is 0. The maximum atomic E-state index is 13.0. The summed E-state index contributed by atoms with van der Waals surface area (Å²) in [5, 5.41) is 0. The molecule has 5 atom stereocenters. The van der Waals surface area contributed by atoms with E-state index in [0.29, 0.717) is 19.3 Å². The molecule has 4 rings (SSSR count). The van der Waals surface area contributed by atoms with Crippen LogP contribution in [0.3, 0.4) is 0 Å². The average molecular weight is 314 g/mol. The van der Waals surface area contributed by atoms with Crippen LogP contribution in [0.4, 0.5) is 0 Å². The standard InChI is InChI=1S/C19H22O4/c1-18-6-5-11(20)7-10(18)8-13(21)16-12-3-4-15(23)19(12,2)9-14(22)17(16)18/h7,12,16-17H,3-6,8-9H2,1-2H3. The van der Waals surface area contributed by atoms with Crippen molar-refractivity contribution in [2.45, 2.75) is 52.4 Å². The van der Waals surface area contributed by atoms with Crippen molar-refractivity contribution in [3.63, 3.8) is 0 Å². The smallest absolute Gasteiger partial charge is 0.155 e. The highest BCUT2D eigenvalue weighted by atomic mass is 16.1. The molecule has 0 aromatic heterocycles. The lowest BCUT2D eigenvalue weighted by molar-refractivity contribution is -0.156. The monoisotopic (exact) mass is 314 g/mol. The van der Waals surface area contributed by atoms with E-state index in [0.717, 1.165) is 12.0 Å². The lowest BCUT2D eigenvalue weighted by Gasteiger charge is -2.54. The van der Waals surface area contributed by atoms with Crippen LogP contribution in [0.5, 0.6) is 0 Å². The fourth-order valence-corrected chi connectivity index (χ4v) is 5.86. The van der Waals surface area contributed by atoms with Gasteiger partial charge in [-0.2, -0.15) is 0 Å². The van der Waals surface area contributed by atoms with E-state index >= 15 is 0 Å². The summed E-state index contributed by atoms with van der Waals surface area (Å²) in [6, 6.07) is 0. The van der Waals surface area contributed by atoms with Crippen molar-refractivity contribution < 1.29 is 19.2 Å². The molecule has 0 aromatic carbocycles. The zero-order chi connectivity index (χ0) is 16.6. The first-order valence-corrected chi connectivity index (χ1v) is 8.60. The van der Waals surface area contributed by atoms with Gasteiger partial charge in [0, 0.05) is 48.3 Å². The van der Waals surface area contributed by atoms with E-state index in [9.17, 15) is 19.2 Å². The lowest BCUT2D eigenvalue weighted by atomic mass is 9.47. The Morgan fingerprint density at radius 1 is 1.00 bits per heavy atom. The van der Waals surface area contributed by atoms with E-state index < -0.39 is 5.41 Å². The first-order valence-electron chi connectivity index (χ1n) is 8.60. The molecule has 3 fully saturated rings. The second-order valence-electron chi connectivity index (χ2n) is 8.33. The number of hydrogen-bond donors (Lipinski definition) is 0. The second kappa shape index (κ2) is 4.49. The van der Waals surface area contributed by atoms with Crippen LogP contribution in [-0.2, 0) is 19.2 Å². The fourth-order valence-electron chi connectivity index (χ4n) is 5.86. The SMILES string of the molecule is CC12CC(=O)C3C(C(=O)CC4=CC(=O)CCC43C)C1CCC2=O. The number of allylic oxidation sites excluding steroid dienone is 1. The van der Waals surface area contributed by atoms with Gasteiger partial charge in [0.15, 0.2) is 5.78 Å². The van der Waals surface area contributed by atoms with E-state index in [1.54, 1.807) is 6.08 Å². The number of Topliss-reactive ketones (excluding diaryl/α,β-unsaturated/α-hetero) is 3. The lowest BCUT2D eigenvalue weighted by Crippen LogP contribution is -2.58. The Morgan fingerprint density at radius 2 is 1.74 bits per heavy atom. The van der Waals surface area contributed by atoms with Crippen molar-refractivity contribution in [2.75, 3.05) is 0 Å². The van der Waals surface area contributed by atoms with Crippen molar-refractivity contribution in [3.8, 4) is 0 Å². The topological polar surface area (TPSA) is 68.3 Å². The first kappa shape index (κ1) is 15.0. The van der Waals surface area contributed by atoms with Crippen LogP contribution < -0.4 is 0 Å². The van der Waals surface area contributed by atoms with Crippen molar-refractivity contribution in [3.05, 3.63) is 11.6 Å². The highest BCUT2D eigenvalue weighted by Crippen LogP contribution is 2.62. The third-order valence-electron chi connectivity index (χ3n) is 7.20. The molecule has 0 radical (unpaired) electrons. The van der Waals surface area contributed by atoms with Crippen LogP contribution in [0.1, 0.15) is 52.4 Å². The molecule has 0 N–H and O–H groups in total. The summed E-state index contributed by atoms with van der Waals surface area (Å²) in [6.45, 7) is 3.93. The van der Waals surface area contributed by atoms with Gasteiger partial charge in [0.1, 0.15) is 17.3 Å². The van der Waals surface area contributed by atoms with E-state index in [2.05, 4.69) is 0 Å². The number of carbonyl (C=O) groups is 4. The maximum Gasteiger partial charge on any atom is 0.155 e. The minimum Gasteiger partial charge on any atom is -0.299 e. The van der Waals surface area contributed by atoms with Gasteiger partial charge >= 0.3 is 0 Å². The summed E-state index contributed by atoms with van der Waals surface area (Å²) in [4.78, 5) is 50.0. The molecule has 23 heavy (non-hydrogen) atoms. The summed E-state index contributed by atoms with van der Waals surface area (Å²) in [6.07, 6.45) is 4.46. The number of hydrogen-bond acceptors (Lipinski definition) is 4. The molecule has 0 heterocycles. The molecule has 4 aliphatic rings. The average Bonchev–Trinajstić information content (AvgIpc) is 2.76. The Bertz CT molecular complexity index is 687. The molecule has 0 aromatic rings. The van der Waals surface area contributed by atoms with Crippen LogP contribution in [0.2, 0.25) is 0 Å². The van der Waals surface area contributed by atoms with Gasteiger partial charge in [0.25, 0.3) is 0 Å². The molecule has 122 valence electrons. The van der Waals surface area contributed by atoms with Gasteiger partial charge in [0.05, 0.1) is 0 Å². The Kier molecular flexibility index (Phi) is 2.92. The van der Waals surface area contributed by atoms with Gasteiger partial charge in [-0.25, -0.2) is 0 Å². The van der Waals surface area contributed by atoms with Gasteiger partial charge in [-0.15, -0.1) is 0 Å². The number of fused-ring (bicyclic) bond motifs is 5. The largest absolute Gasteiger partial charge is 0.299 e. The molecule has 0 bridgehead atoms. The van der Waals surface area contributed by atoms with Gasteiger partial charge < -0.3 is 0 Å². The molecule has 0 aliphatic heterocycles. The van der Waals surface area contributed by atoms with Gasteiger partial charge in [-0.05, 0) is 24.8 Å².